The Morgan fingerprint density at radius 3 is 1.92 bits per heavy atom. The van der Waals surface area contributed by atoms with Gasteiger partial charge in [0, 0.05) is 0 Å². The van der Waals surface area contributed by atoms with E-state index in [9.17, 15) is 5.11 Å². The van der Waals surface area contributed by atoms with Crippen LogP contribution >= 0.6 is 0 Å². The Bertz CT molecular complexity index is 272. The molecule has 0 unspecified atom stereocenters. The van der Waals surface area contributed by atoms with E-state index in [1.165, 1.54) is 0 Å². The van der Waals surface area contributed by atoms with Crippen molar-refractivity contribution in [2.24, 2.45) is 0 Å². The maximum Gasteiger partial charge on any atom is 0.0874 e. The Balaban J connectivity index is 3.08. The monoisotopic (exact) mass is 194 g/mol. The van der Waals surface area contributed by atoms with Crippen molar-refractivity contribution in [1.29, 1.82) is 0 Å². The summed E-state index contributed by atoms with van der Waals surface area (Å²) in [5, 5.41) is 9.75. The molecule has 1 aromatic rings. The van der Waals surface area contributed by atoms with Gasteiger partial charge in [0.1, 0.15) is 0 Å². The zero-order chi connectivity index (χ0) is 10.1. The summed E-state index contributed by atoms with van der Waals surface area (Å²) in [6.45, 7) is 8.47. The maximum absolute atomic E-state index is 10.4. The first kappa shape index (κ1) is 10.5. The molecule has 0 bridgehead atoms. The quantitative estimate of drug-likeness (QED) is 0.718. The van der Waals surface area contributed by atoms with E-state index in [4.69, 9.17) is 0 Å². The van der Waals surface area contributed by atoms with E-state index in [1.807, 2.05) is 37.3 Å². The molecule has 0 saturated heterocycles. The molecule has 0 aliphatic heterocycles. The van der Waals surface area contributed by atoms with Crippen molar-refractivity contribution in [1.82, 2.24) is 0 Å². The summed E-state index contributed by atoms with van der Waals surface area (Å²) in [6.07, 6.45) is 0. The molecule has 0 aromatic heterocycles. The van der Waals surface area contributed by atoms with Crippen molar-refractivity contribution in [3.05, 3.63) is 35.9 Å². The zero-order valence-corrected chi connectivity index (χ0v) is 9.83. The molecule has 0 amide bonds. The molecule has 1 aromatic carbocycles. The molecule has 0 fully saturated rings. The first-order valence-corrected chi connectivity index (χ1v) is 8.13. The minimum absolute atomic E-state index is 0.631. The third-order valence-corrected chi connectivity index (χ3v) is 6.01. The van der Waals surface area contributed by atoms with Crippen molar-refractivity contribution >= 4 is 8.07 Å². The van der Waals surface area contributed by atoms with Crippen molar-refractivity contribution in [2.75, 3.05) is 0 Å². The average Bonchev–Trinajstić information content (AvgIpc) is 2.04. The minimum atomic E-state index is -1.57. The smallest absolute Gasteiger partial charge is 0.0874 e. The highest BCUT2D eigenvalue weighted by molar-refractivity contribution is 6.78. The van der Waals surface area contributed by atoms with Crippen LogP contribution < -0.4 is 0 Å². The molecule has 0 aliphatic carbocycles. The van der Waals surface area contributed by atoms with Crippen molar-refractivity contribution in [3.8, 4) is 0 Å². The number of benzene rings is 1. The van der Waals surface area contributed by atoms with Crippen LogP contribution in [-0.2, 0) is 5.22 Å². The fourth-order valence-corrected chi connectivity index (χ4v) is 2.23. The lowest BCUT2D eigenvalue weighted by Gasteiger charge is -2.35. The first-order valence-electron chi connectivity index (χ1n) is 4.63. The van der Waals surface area contributed by atoms with Crippen LogP contribution in [0.2, 0.25) is 19.6 Å². The summed E-state index contributed by atoms with van der Waals surface area (Å²) in [5.74, 6) is 0. The van der Waals surface area contributed by atoms with Gasteiger partial charge >= 0.3 is 0 Å². The van der Waals surface area contributed by atoms with E-state index < -0.39 is 13.3 Å². The van der Waals surface area contributed by atoms with E-state index in [0.29, 0.717) is 0 Å². The lowest BCUT2D eigenvalue weighted by atomic mass is 10.1. The predicted molar refractivity (Wildman–Crippen MR) is 59.4 cm³/mol. The Kier molecular flexibility index (Phi) is 2.64. The van der Waals surface area contributed by atoms with Crippen LogP contribution in [0, 0.1) is 0 Å². The Labute approximate surface area is 81.4 Å². The highest BCUT2D eigenvalue weighted by Crippen LogP contribution is 2.30. The van der Waals surface area contributed by atoms with Gasteiger partial charge in [0.25, 0.3) is 0 Å². The van der Waals surface area contributed by atoms with Crippen LogP contribution in [-0.4, -0.2) is 13.2 Å². The normalized spacial score (nSPS) is 16.7. The second-order valence-electron chi connectivity index (χ2n) is 4.69. The van der Waals surface area contributed by atoms with Gasteiger partial charge in [-0.1, -0.05) is 50.0 Å². The second kappa shape index (κ2) is 3.27. The summed E-state index contributed by atoms with van der Waals surface area (Å²) < 4.78 is 0. The van der Waals surface area contributed by atoms with Crippen LogP contribution in [0.15, 0.2) is 30.3 Å². The van der Waals surface area contributed by atoms with Gasteiger partial charge in [-0.3, -0.25) is 0 Å². The lowest BCUT2D eigenvalue weighted by Crippen LogP contribution is -2.47. The zero-order valence-electron chi connectivity index (χ0n) is 8.83. The first-order chi connectivity index (χ1) is 5.86. The second-order valence-corrected chi connectivity index (χ2v) is 10.2. The topological polar surface area (TPSA) is 20.2 Å². The van der Waals surface area contributed by atoms with Crippen LogP contribution in [0.4, 0.5) is 0 Å². The van der Waals surface area contributed by atoms with Gasteiger partial charge < -0.3 is 5.11 Å². The summed E-state index contributed by atoms with van der Waals surface area (Å²) in [6, 6.07) is 9.92. The van der Waals surface area contributed by atoms with E-state index >= 15 is 0 Å². The minimum Gasteiger partial charge on any atom is -0.389 e. The van der Waals surface area contributed by atoms with Crippen molar-refractivity contribution in [3.63, 3.8) is 0 Å². The number of hydrogen-bond acceptors (Lipinski definition) is 1. The molecule has 0 spiro atoms. The summed E-state index contributed by atoms with van der Waals surface area (Å²) in [5.41, 5.74) is 1.04. The van der Waals surface area contributed by atoms with Crippen molar-refractivity contribution < 1.29 is 5.11 Å². The summed E-state index contributed by atoms with van der Waals surface area (Å²) >= 11 is 0. The van der Waals surface area contributed by atoms with Crippen LogP contribution in [0.3, 0.4) is 0 Å². The maximum atomic E-state index is 10.4. The van der Waals surface area contributed by atoms with E-state index in [0.717, 1.165) is 5.56 Å². The molecule has 0 saturated carbocycles. The van der Waals surface area contributed by atoms with Crippen LogP contribution in [0.1, 0.15) is 12.5 Å². The molecule has 1 nitrogen and oxygen atoms in total. The van der Waals surface area contributed by atoms with E-state index in [-0.39, 0.29) is 0 Å². The molecule has 0 heterocycles. The molecular formula is C11H18OSi. The molecule has 0 aliphatic rings. The summed E-state index contributed by atoms with van der Waals surface area (Å²) in [4.78, 5) is 0. The Morgan fingerprint density at radius 2 is 1.54 bits per heavy atom. The third kappa shape index (κ3) is 2.01. The van der Waals surface area contributed by atoms with Gasteiger partial charge in [-0.05, 0) is 12.5 Å². The van der Waals surface area contributed by atoms with Gasteiger partial charge in [0.15, 0.2) is 0 Å². The molecule has 72 valence electrons. The molecule has 2 heteroatoms. The van der Waals surface area contributed by atoms with Gasteiger partial charge in [-0.2, -0.15) is 0 Å². The van der Waals surface area contributed by atoms with Crippen molar-refractivity contribution in [2.45, 2.75) is 31.8 Å². The molecule has 1 atom stereocenters. The van der Waals surface area contributed by atoms with Gasteiger partial charge in [-0.15, -0.1) is 0 Å². The van der Waals surface area contributed by atoms with E-state index in [1.54, 1.807) is 0 Å². The predicted octanol–water partition coefficient (Wildman–Crippen LogP) is 2.77. The van der Waals surface area contributed by atoms with E-state index in [2.05, 4.69) is 19.6 Å². The van der Waals surface area contributed by atoms with Gasteiger partial charge in [0.05, 0.1) is 13.3 Å². The van der Waals surface area contributed by atoms with Gasteiger partial charge in [-0.25, -0.2) is 0 Å². The molecule has 0 radical (unpaired) electrons. The fourth-order valence-electron chi connectivity index (χ4n) is 1.20. The number of rotatable bonds is 2. The Morgan fingerprint density at radius 1 is 1.08 bits per heavy atom. The standard InChI is InChI=1S/C11H18OSi/c1-11(12,13(2,3)4)10-8-6-5-7-9-10/h5-9,12H,1-4H3/t11-/m1/s1. The summed E-state index contributed by atoms with van der Waals surface area (Å²) in [7, 11) is -1.57. The SMILES string of the molecule is C[C@](O)(c1ccccc1)[Si](C)(C)C. The lowest BCUT2D eigenvalue weighted by molar-refractivity contribution is 0.136. The number of aliphatic hydroxyl groups is 1. The average molecular weight is 194 g/mol. The fraction of sp³-hybridized carbons (Fsp3) is 0.455. The highest BCUT2D eigenvalue weighted by atomic mass is 28.3. The molecule has 13 heavy (non-hydrogen) atoms. The largest absolute Gasteiger partial charge is 0.389 e. The van der Waals surface area contributed by atoms with Crippen LogP contribution in [0.25, 0.3) is 0 Å². The number of hydrogen-bond donors (Lipinski definition) is 1. The molecule has 1 N–H and O–H groups in total. The molecule has 1 rings (SSSR count). The van der Waals surface area contributed by atoms with Crippen LogP contribution in [0.5, 0.6) is 0 Å². The highest BCUT2D eigenvalue weighted by Gasteiger charge is 2.38. The molecular weight excluding hydrogens is 176 g/mol. The third-order valence-electron chi connectivity index (χ3n) is 2.80. The van der Waals surface area contributed by atoms with Gasteiger partial charge in [0.2, 0.25) is 0 Å². The Hall–Kier alpha value is -0.603.